The van der Waals surface area contributed by atoms with Gasteiger partial charge in [0, 0.05) is 24.2 Å². The van der Waals surface area contributed by atoms with Crippen molar-refractivity contribution in [2.75, 3.05) is 10.6 Å². The highest BCUT2D eigenvalue weighted by Gasteiger charge is 2.30. The third-order valence-electron chi connectivity index (χ3n) is 2.44. The number of rotatable bonds is 3. The van der Waals surface area contributed by atoms with Gasteiger partial charge >= 0.3 is 0 Å². The molecule has 0 aromatic carbocycles. The Morgan fingerprint density at radius 3 is 3.06 bits per heavy atom. The Kier molecular flexibility index (Phi) is 3.35. The van der Waals surface area contributed by atoms with Gasteiger partial charge in [-0.25, -0.2) is 4.98 Å². The molecule has 0 bridgehead atoms. The number of thioether (sulfide) groups is 1. The quantitative estimate of drug-likeness (QED) is 0.830. The summed E-state index contributed by atoms with van der Waals surface area (Å²) in [6, 6.07) is 3.07. The van der Waals surface area contributed by atoms with Gasteiger partial charge in [0.2, 0.25) is 0 Å². The van der Waals surface area contributed by atoms with Crippen LogP contribution < -0.4 is 16.4 Å². The highest BCUT2D eigenvalue weighted by molar-refractivity contribution is 8.03. The van der Waals surface area contributed by atoms with E-state index in [1.807, 2.05) is 22.6 Å². The Hall–Kier alpha value is -1.53. The number of carbonyl (C=O) groups is 1. The lowest BCUT2D eigenvalue weighted by Crippen LogP contribution is -2.41. The summed E-state index contributed by atoms with van der Waals surface area (Å²) in [5.41, 5.74) is 12.1. The average Bonchev–Trinajstić information content (AvgIpc) is 2.76. The maximum Gasteiger partial charge on any atom is 0.182 e. The molecule has 1 aromatic heterocycles. The number of ketones is 1. The predicted molar refractivity (Wildman–Crippen MR) is 70.3 cm³/mol. The monoisotopic (exact) mass is 250 g/mol. The highest BCUT2D eigenvalue weighted by Crippen LogP contribution is 2.31. The van der Waals surface area contributed by atoms with Gasteiger partial charge in [0.1, 0.15) is 11.2 Å². The molecule has 0 radical (unpaired) electrons. The number of Topliss-reactive ketones (excluding diaryl/α,β-unsaturated/α-hetero) is 1. The highest BCUT2D eigenvalue weighted by atomic mass is 32.2. The van der Waals surface area contributed by atoms with Crippen molar-refractivity contribution < 1.29 is 4.79 Å². The predicted octanol–water partition coefficient (Wildman–Crippen LogP) is 0.931. The van der Waals surface area contributed by atoms with E-state index < -0.39 is 6.04 Å². The van der Waals surface area contributed by atoms with Crippen LogP contribution in [0.15, 0.2) is 29.9 Å². The Morgan fingerprint density at radius 1 is 1.65 bits per heavy atom. The molecule has 90 valence electrons. The minimum Gasteiger partial charge on any atom is -0.384 e. The third kappa shape index (κ3) is 2.42. The molecule has 2 unspecified atom stereocenters. The molecule has 0 amide bonds. The molecule has 4 N–H and O–H groups in total. The molecule has 1 aliphatic heterocycles. The van der Waals surface area contributed by atoms with Crippen molar-refractivity contribution in [3.8, 4) is 0 Å². The van der Waals surface area contributed by atoms with Crippen LogP contribution in [0.2, 0.25) is 0 Å². The van der Waals surface area contributed by atoms with Gasteiger partial charge in [0.25, 0.3) is 0 Å². The van der Waals surface area contributed by atoms with Crippen LogP contribution >= 0.6 is 11.8 Å². The molecule has 2 atom stereocenters. The smallest absolute Gasteiger partial charge is 0.182 e. The Morgan fingerprint density at radius 2 is 2.41 bits per heavy atom. The van der Waals surface area contributed by atoms with Crippen LogP contribution in [0.5, 0.6) is 0 Å². The molecule has 0 spiro atoms. The molecule has 1 aliphatic rings. The van der Waals surface area contributed by atoms with Gasteiger partial charge in [-0.3, -0.25) is 4.79 Å². The lowest BCUT2D eigenvalue weighted by atomic mass is 10.2. The standard InChI is InChI=1S/C11H14N4OS/c1-7(12)10(16)11-15(4-5-17-11)8-2-3-14-9(13)6-8/h2-7,11H,12H2,1H3,(H2,13,14). The van der Waals surface area contributed by atoms with E-state index >= 15 is 0 Å². The molecule has 0 fully saturated rings. The fourth-order valence-corrected chi connectivity index (χ4v) is 2.59. The maximum atomic E-state index is 11.9. The molecule has 0 aliphatic carbocycles. The van der Waals surface area contributed by atoms with Crippen LogP contribution in [0.4, 0.5) is 11.5 Å². The lowest BCUT2D eigenvalue weighted by Gasteiger charge is -2.24. The first-order valence-corrected chi connectivity index (χ1v) is 6.15. The summed E-state index contributed by atoms with van der Waals surface area (Å²) in [5.74, 6) is 0.426. The summed E-state index contributed by atoms with van der Waals surface area (Å²) >= 11 is 1.44. The van der Waals surface area contributed by atoms with E-state index in [9.17, 15) is 4.79 Å². The van der Waals surface area contributed by atoms with Crippen LogP contribution in [-0.4, -0.2) is 22.2 Å². The van der Waals surface area contributed by atoms with Crippen molar-refractivity contribution in [1.29, 1.82) is 0 Å². The molecule has 0 saturated carbocycles. The summed E-state index contributed by atoms with van der Waals surface area (Å²) in [6.07, 6.45) is 3.47. The first-order chi connectivity index (χ1) is 8.09. The van der Waals surface area contributed by atoms with E-state index in [1.165, 1.54) is 11.8 Å². The van der Waals surface area contributed by atoms with Gasteiger partial charge in [-0.05, 0) is 18.4 Å². The molecular formula is C11H14N4OS. The fourth-order valence-electron chi connectivity index (χ4n) is 1.57. The number of hydrogen-bond donors (Lipinski definition) is 2. The molecule has 17 heavy (non-hydrogen) atoms. The maximum absolute atomic E-state index is 11.9. The normalized spacial score (nSPS) is 20.6. The van der Waals surface area contributed by atoms with Gasteiger partial charge in [-0.1, -0.05) is 11.8 Å². The van der Waals surface area contributed by atoms with Crippen LogP contribution in [-0.2, 0) is 4.79 Å². The fraction of sp³-hybridized carbons (Fsp3) is 0.273. The largest absolute Gasteiger partial charge is 0.384 e. The Labute approximate surface area is 104 Å². The Balaban J connectivity index is 2.25. The van der Waals surface area contributed by atoms with Gasteiger partial charge in [0.05, 0.1) is 6.04 Å². The lowest BCUT2D eigenvalue weighted by molar-refractivity contribution is -0.119. The second-order valence-corrected chi connectivity index (χ2v) is 4.80. The van der Waals surface area contributed by atoms with E-state index in [0.717, 1.165) is 5.69 Å². The molecule has 5 nitrogen and oxygen atoms in total. The molecule has 1 aromatic rings. The van der Waals surface area contributed by atoms with E-state index in [-0.39, 0.29) is 11.2 Å². The van der Waals surface area contributed by atoms with Gasteiger partial charge < -0.3 is 16.4 Å². The van der Waals surface area contributed by atoms with Crippen LogP contribution in [0.1, 0.15) is 6.92 Å². The minimum absolute atomic E-state index is 0.00427. The molecular weight excluding hydrogens is 236 g/mol. The van der Waals surface area contributed by atoms with Crippen molar-refractivity contribution in [3.63, 3.8) is 0 Å². The van der Waals surface area contributed by atoms with E-state index in [4.69, 9.17) is 11.5 Å². The third-order valence-corrected chi connectivity index (χ3v) is 3.43. The number of nitrogens with two attached hydrogens (primary N) is 2. The summed E-state index contributed by atoms with van der Waals surface area (Å²) in [6.45, 7) is 1.69. The summed E-state index contributed by atoms with van der Waals surface area (Å²) in [7, 11) is 0. The second kappa shape index (κ2) is 4.77. The number of anilines is 2. The van der Waals surface area contributed by atoms with Crippen molar-refractivity contribution in [1.82, 2.24) is 4.98 Å². The average molecular weight is 250 g/mol. The summed E-state index contributed by atoms with van der Waals surface area (Å²) in [4.78, 5) is 17.7. The first kappa shape index (κ1) is 11.9. The number of nitrogens with zero attached hydrogens (tertiary/aromatic N) is 2. The SMILES string of the molecule is CC(N)C(=O)C1SC=CN1c1ccnc(N)c1. The second-order valence-electron chi connectivity index (χ2n) is 3.81. The van der Waals surface area contributed by atoms with Crippen LogP contribution in [0.25, 0.3) is 0 Å². The van der Waals surface area contributed by atoms with Crippen molar-refractivity contribution in [3.05, 3.63) is 29.9 Å². The summed E-state index contributed by atoms with van der Waals surface area (Å²) in [5, 5.41) is 1.57. The van der Waals surface area contributed by atoms with E-state index in [2.05, 4.69) is 4.98 Å². The number of nitrogen functional groups attached to an aromatic ring is 1. The van der Waals surface area contributed by atoms with Crippen molar-refractivity contribution in [2.24, 2.45) is 5.73 Å². The van der Waals surface area contributed by atoms with Crippen molar-refractivity contribution >= 4 is 29.1 Å². The van der Waals surface area contributed by atoms with Gasteiger partial charge in [-0.2, -0.15) is 0 Å². The van der Waals surface area contributed by atoms with Crippen LogP contribution in [0.3, 0.4) is 0 Å². The number of carbonyl (C=O) groups excluding carboxylic acids is 1. The zero-order chi connectivity index (χ0) is 12.4. The Bertz CT molecular complexity index is 461. The topological polar surface area (TPSA) is 85.2 Å². The van der Waals surface area contributed by atoms with Crippen molar-refractivity contribution in [2.45, 2.75) is 18.3 Å². The number of hydrogen-bond acceptors (Lipinski definition) is 6. The molecule has 2 rings (SSSR count). The summed E-state index contributed by atoms with van der Waals surface area (Å²) < 4.78 is 0. The van der Waals surface area contributed by atoms with Gasteiger partial charge in [-0.15, -0.1) is 0 Å². The number of aromatic nitrogens is 1. The molecule has 6 heteroatoms. The van der Waals surface area contributed by atoms with Gasteiger partial charge in [0.15, 0.2) is 5.78 Å². The van der Waals surface area contributed by atoms with E-state index in [1.54, 1.807) is 19.2 Å². The molecule has 2 heterocycles. The zero-order valence-electron chi connectivity index (χ0n) is 9.41. The minimum atomic E-state index is -0.478. The molecule has 0 saturated heterocycles. The number of pyridine rings is 1. The zero-order valence-corrected chi connectivity index (χ0v) is 10.2. The van der Waals surface area contributed by atoms with Crippen LogP contribution in [0, 0.1) is 0 Å². The van der Waals surface area contributed by atoms with E-state index in [0.29, 0.717) is 5.82 Å². The first-order valence-electron chi connectivity index (χ1n) is 5.21.